The molecule has 0 amide bonds. The van der Waals surface area contributed by atoms with Gasteiger partial charge in [0.2, 0.25) is 0 Å². The summed E-state index contributed by atoms with van der Waals surface area (Å²) in [5.74, 6) is 0.573. The highest BCUT2D eigenvalue weighted by molar-refractivity contribution is 9.10. The summed E-state index contributed by atoms with van der Waals surface area (Å²) in [6.07, 6.45) is 0.510. The summed E-state index contributed by atoms with van der Waals surface area (Å²) in [6, 6.07) is 1.84. The monoisotopic (exact) mass is 302 g/mol. The van der Waals surface area contributed by atoms with Crippen molar-refractivity contribution in [1.82, 2.24) is 0 Å². The summed E-state index contributed by atoms with van der Waals surface area (Å²) < 4.78 is 11.4. The molecule has 1 aromatic rings. The first-order chi connectivity index (χ1) is 8.01. The number of ether oxygens (including phenoxy) is 2. The second kappa shape index (κ2) is 5.91. The first-order valence-electron chi connectivity index (χ1n) is 5.13. The molecule has 94 valence electrons. The largest absolute Gasteiger partial charge is 0.496 e. The van der Waals surface area contributed by atoms with Crippen LogP contribution in [0.4, 0.5) is 0 Å². The lowest BCUT2D eigenvalue weighted by molar-refractivity contribution is -0.136. The van der Waals surface area contributed by atoms with Gasteiger partial charge >= 0.3 is 5.97 Å². The highest BCUT2D eigenvalue weighted by atomic mass is 79.9. The molecule has 17 heavy (non-hydrogen) atoms. The van der Waals surface area contributed by atoms with E-state index in [1.165, 1.54) is 0 Å². The van der Waals surface area contributed by atoms with Gasteiger partial charge in [0.05, 0.1) is 18.7 Å². The minimum Gasteiger partial charge on any atom is -0.496 e. The normalized spacial score (nSPS) is 10.1. The molecule has 0 bridgehead atoms. The molecule has 0 aliphatic carbocycles. The molecule has 1 N–H and O–H groups in total. The first kappa shape index (κ1) is 13.8. The van der Waals surface area contributed by atoms with Crippen molar-refractivity contribution in [2.24, 2.45) is 0 Å². The fraction of sp³-hybridized carbons (Fsp3) is 0.417. The Labute approximate surface area is 109 Å². The molecule has 0 heterocycles. The van der Waals surface area contributed by atoms with Gasteiger partial charge in [-0.05, 0) is 40.9 Å². The number of hydrogen-bond donors (Lipinski definition) is 1. The molecule has 0 spiro atoms. The number of benzene rings is 1. The standard InChI is InChI=1S/C12H15BrO4/c1-7-11(16-2)8(4-5-10(14)15)6-9(13)12(7)17-3/h6H,4-5H2,1-3H3,(H,14,15). The van der Waals surface area contributed by atoms with Crippen LogP contribution in [-0.4, -0.2) is 25.3 Å². The summed E-state index contributed by atoms with van der Waals surface area (Å²) in [5.41, 5.74) is 1.73. The average Bonchev–Trinajstić information content (AvgIpc) is 2.26. The van der Waals surface area contributed by atoms with Gasteiger partial charge in [-0.15, -0.1) is 0 Å². The lowest BCUT2D eigenvalue weighted by atomic mass is 10.0. The molecule has 0 saturated heterocycles. The second-order valence-corrected chi connectivity index (χ2v) is 4.46. The fourth-order valence-electron chi connectivity index (χ4n) is 1.77. The van der Waals surface area contributed by atoms with Crippen molar-refractivity contribution < 1.29 is 19.4 Å². The van der Waals surface area contributed by atoms with Crippen molar-refractivity contribution in [2.45, 2.75) is 19.8 Å². The van der Waals surface area contributed by atoms with E-state index < -0.39 is 5.97 Å². The Bertz CT molecular complexity index is 429. The minimum absolute atomic E-state index is 0.0779. The summed E-state index contributed by atoms with van der Waals surface area (Å²) >= 11 is 3.40. The maximum Gasteiger partial charge on any atom is 0.303 e. The Morgan fingerprint density at radius 2 is 1.94 bits per heavy atom. The maximum absolute atomic E-state index is 10.6. The number of aliphatic carboxylic acids is 1. The number of methoxy groups -OCH3 is 2. The van der Waals surface area contributed by atoms with Crippen LogP contribution in [0.3, 0.4) is 0 Å². The summed E-state index contributed by atoms with van der Waals surface area (Å²) in [6.45, 7) is 1.88. The summed E-state index contributed by atoms with van der Waals surface area (Å²) in [5, 5.41) is 8.70. The molecule has 0 aliphatic heterocycles. The van der Waals surface area contributed by atoms with Crippen LogP contribution < -0.4 is 9.47 Å². The topological polar surface area (TPSA) is 55.8 Å². The van der Waals surface area contributed by atoms with Crippen LogP contribution in [-0.2, 0) is 11.2 Å². The van der Waals surface area contributed by atoms with E-state index in [1.54, 1.807) is 14.2 Å². The SMILES string of the molecule is COc1c(Br)cc(CCC(=O)O)c(OC)c1C. The summed E-state index contributed by atoms with van der Waals surface area (Å²) in [4.78, 5) is 10.6. The highest BCUT2D eigenvalue weighted by Crippen LogP contribution is 2.38. The van der Waals surface area contributed by atoms with Crippen LogP contribution in [0.15, 0.2) is 10.5 Å². The molecule has 4 nitrogen and oxygen atoms in total. The van der Waals surface area contributed by atoms with E-state index in [4.69, 9.17) is 14.6 Å². The Hall–Kier alpha value is -1.23. The third kappa shape index (κ3) is 3.12. The molecule has 0 unspecified atom stereocenters. The van der Waals surface area contributed by atoms with Crippen LogP contribution in [0.25, 0.3) is 0 Å². The third-order valence-corrected chi connectivity index (χ3v) is 3.10. The molecule has 0 aromatic heterocycles. The summed E-state index contributed by atoms with van der Waals surface area (Å²) in [7, 11) is 3.16. The molecule has 5 heteroatoms. The van der Waals surface area contributed by atoms with Gasteiger partial charge in [-0.1, -0.05) is 0 Å². The maximum atomic E-state index is 10.6. The molecule has 0 aliphatic rings. The fourth-order valence-corrected chi connectivity index (χ4v) is 2.50. The number of rotatable bonds is 5. The molecular formula is C12H15BrO4. The Balaban J connectivity index is 3.17. The van der Waals surface area contributed by atoms with Crippen molar-refractivity contribution >= 4 is 21.9 Å². The molecule has 0 atom stereocenters. The Morgan fingerprint density at radius 1 is 1.35 bits per heavy atom. The zero-order valence-electron chi connectivity index (χ0n) is 10.0. The quantitative estimate of drug-likeness (QED) is 0.909. The van der Waals surface area contributed by atoms with Gasteiger partial charge in [0.15, 0.2) is 0 Å². The molecule has 0 fully saturated rings. The minimum atomic E-state index is -0.823. The third-order valence-electron chi connectivity index (χ3n) is 2.51. The number of carbonyl (C=O) groups is 1. The van der Waals surface area contributed by atoms with Gasteiger partial charge in [-0.3, -0.25) is 4.79 Å². The Kier molecular flexibility index (Phi) is 4.81. The van der Waals surface area contributed by atoms with E-state index in [1.807, 2.05) is 13.0 Å². The van der Waals surface area contributed by atoms with Crippen molar-refractivity contribution in [2.75, 3.05) is 14.2 Å². The Morgan fingerprint density at radius 3 is 2.41 bits per heavy atom. The number of carboxylic acid groups (broad SMARTS) is 1. The van der Waals surface area contributed by atoms with Crippen LogP contribution in [0.1, 0.15) is 17.5 Å². The zero-order chi connectivity index (χ0) is 13.0. The van der Waals surface area contributed by atoms with E-state index in [0.717, 1.165) is 15.6 Å². The molecular weight excluding hydrogens is 288 g/mol. The van der Waals surface area contributed by atoms with Gasteiger partial charge in [-0.2, -0.15) is 0 Å². The molecule has 1 rings (SSSR count). The van der Waals surface area contributed by atoms with E-state index in [9.17, 15) is 4.79 Å². The van der Waals surface area contributed by atoms with Gasteiger partial charge in [0.25, 0.3) is 0 Å². The number of hydrogen-bond acceptors (Lipinski definition) is 3. The van der Waals surface area contributed by atoms with Gasteiger partial charge in [0.1, 0.15) is 11.5 Å². The van der Waals surface area contributed by atoms with Crippen molar-refractivity contribution in [3.05, 3.63) is 21.7 Å². The van der Waals surface area contributed by atoms with Gasteiger partial charge in [0, 0.05) is 12.0 Å². The molecule has 1 aromatic carbocycles. The van der Waals surface area contributed by atoms with Crippen molar-refractivity contribution in [1.29, 1.82) is 0 Å². The van der Waals surface area contributed by atoms with Crippen LogP contribution in [0.2, 0.25) is 0 Å². The number of aryl methyl sites for hydroxylation is 1. The predicted molar refractivity (Wildman–Crippen MR) is 67.9 cm³/mol. The molecule has 0 saturated carbocycles. The number of carboxylic acids is 1. The van der Waals surface area contributed by atoms with Crippen LogP contribution >= 0.6 is 15.9 Å². The zero-order valence-corrected chi connectivity index (χ0v) is 11.6. The van der Waals surface area contributed by atoms with Crippen LogP contribution in [0, 0.1) is 6.92 Å². The molecule has 0 radical (unpaired) electrons. The van der Waals surface area contributed by atoms with E-state index >= 15 is 0 Å². The predicted octanol–water partition coefficient (Wildman–Crippen LogP) is 2.79. The van der Waals surface area contributed by atoms with Crippen molar-refractivity contribution in [3.63, 3.8) is 0 Å². The van der Waals surface area contributed by atoms with Gasteiger partial charge < -0.3 is 14.6 Å². The average molecular weight is 303 g/mol. The number of halogens is 1. The van der Waals surface area contributed by atoms with E-state index in [-0.39, 0.29) is 6.42 Å². The van der Waals surface area contributed by atoms with Crippen molar-refractivity contribution in [3.8, 4) is 11.5 Å². The van der Waals surface area contributed by atoms with Gasteiger partial charge in [-0.25, -0.2) is 0 Å². The first-order valence-corrected chi connectivity index (χ1v) is 5.92. The second-order valence-electron chi connectivity index (χ2n) is 3.60. The lowest BCUT2D eigenvalue weighted by Crippen LogP contribution is -2.02. The van der Waals surface area contributed by atoms with E-state index in [2.05, 4.69) is 15.9 Å². The smallest absolute Gasteiger partial charge is 0.303 e. The van der Waals surface area contributed by atoms with E-state index in [0.29, 0.717) is 17.9 Å². The van der Waals surface area contributed by atoms with Crippen LogP contribution in [0.5, 0.6) is 11.5 Å². The highest BCUT2D eigenvalue weighted by Gasteiger charge is 2.15. The lowest BCUT2D eigenvalue weighted by Gasteiger charge is -2.15.